The Morgan fingerprint density at radius 2 is 1.74 bits per heavy atom. The fourth-order valence-corrected chi connectivity index (χ4v) is 2.79. The number of anilines is 1. The van der Waals surface area contributed by atoms with Gasteiger partial charge in [-0.25, -0.2) is 13.3 Å². The van der Waals surface area contributed by atoms with Gasteiger partial charge in [-0.05, 0) is 12.1 Å². The number of piperazine rings is 1. The topological polar surface area (TPSA) is 43.9 Å². The van der Waals surface area contributed by atoms with E-state index in [0.29, 0.717) is 26.2 Å². The van der Waals surface area contributed by atoms with Crippen molar-refractivity contribution in [1.82, 2.24) is 9.21 Å². The first kappa shape index (κ1) is 14.0. The van der Waals surface area contributed by atoms with Crippen LogP contribution in [0.25, 0.3) is 0 Å². The van der Waals surface area contributed by atoms with Gasteiger partial charge in [0, 0.05) is 45.2 Å². The molecule has 0 saturated carbocycles. The van der Waals surface area contributed by atoms with E-state index in [-0.39, 0.29) is 6.03 Å². The van der Waals surface area contributed by atoms with Gasteiger partial charge in [0.1, 0.15) is 0 Å². The van der Waals surface area contributed by atoms with Gasteiger partial charge >= 0.3 is 6.03 Å². The number of benzene rings is 1. The van der Waals surface area contributed by atoms with Crippen LogP contribution >= 0.6 is 0 Å². The number of amides is 2. The highest BCUT2D eigenvalue weighted by atomic mass is 32.2. The number of para-hydroxylation sites is 1. The second-order valence-corrected chi connectivity index (χ2v) is 5.88. The maximum absolute atomic E-state index is 12.3. The van der Waals surface area contributed by atoms with Crippen molar-refractivity contribution in [1.29, 1.82) is 0 Å². The summed E-state index contributed by atoms with van der Waals surface area (Å²) in [6, 6.07) is 9.57. The van der Waals surface area contributed by atoms with Crippen LogP contribution in [-0.2, 0) is 11.0 Å². The molecule has 104 valence electrons. The van der Waals surface area contributed by atoms with Crippen LogP contribution in [0.15, 0.2) is 30.3 Å². The number of nitrogens with zero attached hydrogens (tertiary/aromatic N) is 3. The Morgan fingerprint density at radius 1 is 1.16 bits per heavy atom. The van der Waals surface area contributed by atoms with Crippen molar-refractivity contribution in [3.05, 3.63) is 30.3 Å². The highest BCUT2D eigenvalue weighted by Crippen LogP contribution is 2.14. The number of hydrogen-bond donors (Lipinski definition) is 0. The highest BCUT2D eigenvalue weighted by molar-refractivity contribution is 7.81. The molecule has 1 aromatic carbocycles. The Labute approximate surface area is 116 Å². The Kier molecular flexibility index (Phi) is 4.55. The van der Waals surface area contributed by atoms with E-state index in [0.717, 1.165) is 5.69 Å². The van der Waals surface area contributed by atoms with Crippen molar-refractivity contribution in [2.45, 2.75) is 0 Å². The maximum atomic E-state index is 12.3. The Bertz CT molecular complexity index is 458. The Balaban J connectivity index is 1.96. The summed E-state index contributed by atoms with van der Waals surface area (Å²) in [4.78, 5) is 15.8. The zero-order valence-electron chi connectivity index (χ0n) is 11.3. The monoisotopic (exact) mass is 281 g/mol. The van der Waals surface area contributed by atoms with E-state index in [9.17, 15) is 9.00 Å². The average Bonchev–Trinajstić information content (AvgIpc) is 2.46. The molecule has 1 aliphatic rings. The van der Waals surface area contributed by atoms with Crippen molar-refractivity contribution >= 4 is 22.7 Å². The smallest absolute Gasteiger partial charge is 0.322 e. The minimum atomic E-state index is -0.945. The lowest BCUT2D eigenvalue weighted by molar-refractivity contribution is 0.181. The molecule has 6 heteroatoms. The van der Waals surface area contributed by atoms with E-state index < -0.39 is 11.0 Å². The number of hydrogen-bond acceptors (Lipinski definition) is 2. The van der Waals surface area contributed by atoms with Gasteiger partial charge in [0.15, 0.2) is 0 Å². The molecule has 0 spiro atoms. The molecule has 0 aliphatic carbocycles. The summed E-state index contributed by atoms with van der Waals surface area (Å²) >= 11 is 0. The van der Waals surface area contributed by atoms with E-state index in [1.807, 2.05) is 34.6 Å². The first-order chi connectivity index (χ1) is 9.09. The van der Waals surface area contributed by atoms with E-state index in [4.69, 9.17) is 0 Å². The summed E-state index contributed by atoms with van der Waals surface area (Å²) < 4.78 is 13.2. The van der Waals surface area contributed by atoms with Gasteiger partial charge < -0.3 is 4.90 Å². The fourth-order valence-electron chi connectivity index (χ4n) is 2.11. The molecule has 19 heavy (non-hydrogen) atoms. The zero-order chi connectivity index (χ0) is 13.8. The molecular formula is C13H19N3O2S. The van der Waals surface area contributed by atoms with Crippen LogP contribution in [0.3, 0.4) is 0 Å². The molecule has 0 radical (unpaired) electrons. The first-order valence-corrected chi connectivity index (χ1v) is 7.77. The fraction of sp³-hybridized carbons (Fsp3) is 0.462. The van der Waals surface area contributed by atoms with Gasteiger partial charge in [-0.1, -0.05) is 18.2 Å². The van der Waals surface area contributed by atoms with E-state index >= 15 is 0 Å². The summed E-state index contributed by atoms with van der Waals surface area (Å²) in [5.74, 6) is 0. The zero-order valence-corrected chi connectivity index (χ0v) is 12.1. The van der Waals surface area contributed by atoms with Crippen LogP contribution in [0.5, 0.6) is 0 Å². The molecule has 1 atom stereocenters. The number of carbonyl (C=O) groups is 1. The van der Waals surface area contributed by atoms with E-state index in [1.54, 1.807) is 23.1 Å². The Morgan fingerprint density at radius 3 is 2.26 bits per heavy atom. The summed E-state index contributed by atoms with van der Waals surface area (Å²) in [5, 5.41) is 0. The minimum Gasteiger partial charge on any atom is -0.322 e. The third kappa shape index (κ3) is 3.33. The van der Waals surface area contributed by atoms with Crippen molar-refractivity contribution in [2.75, 3.05) is 44.4 Å². The second-order valence-electron chi connectivity index (χ2n) is 4.52. The number of carbonyl (C=O) groups excluding carboxylic acids is 1. The van der Waals surface area contributed by atoms with Crippen LogP contribution in [0.2, 0.25) is 0 Å². The second kappa shape index (κ2) is 6.16. The largest absolute Gasteiger partial charge is 0.324 e. The highest BCUT2D eigenvalue weighted by Gasteiger charge is 2.25. The predicted octanol–water partition coefficient (Wildman–Crippen LogP) is 1.15. The molecule has 0 bridgehead atoms. The molecule has 1 saturated heterocycles. The number of urea groups is 1. The summed E-state index contributed by atoms with van der Waals surface area (Å²) in [6.45, 7) is 2.57. The molecule has 2 amide bonds. The lowest BCUT2D eigenvalue weighted by atomic mass is 10.3. The summed E-state index contributed by atoms with van der Waals surface area (Å²) in [7, 11) is 0.835. The molecule has 1 fully saturated rings. The molecule has 0 N–H and O–H groups in total. The van der Waals surface area contributed by atoms with Crippen LogP contribution in [-0.4, -0.2) is 58.9 Å². The predicted molar refractivity (Wildman–Crippen MR) is 77.5 cm³/mol. The average molecular weight is 281 g/mol. The van der Waals surface area contributed by atoms with Crippen molar-refractivity contribution < 1.29 is 9.00 Å². The lowest BCUT2D eigenvalue weighted by Crippen LogP contribution is -2.52. The summed E-state index contributed by atoms with van der Waals surface area (Å²) in [5.41, 5.74) is 0.883. The normalized spacial score (nSPS) is 18.1. The molecule has 1 heterocycles. The number of rotatable bonds is 2. The first-order valence-electron chi connectivity index (χ1n) is 6.26. The van der Waals surface area contributed by atoms with Crippen LogP contribution in [0.4, 0.5) is 10.5 Å². The van der Waals surface area contributed by atoms with Gasteiger partial charge in [-0.15, -0.1) is 0 Å². The third-order valence-corrected chi connectivity index (χ3v) is 4.40. The van der Waals surface area contributed by atoms with Gasteiger partial charge in [0.2, 0.25) is 0 Å². The van der Waals surface area contributed by atoms with Gasteiger partial charge in [-0.2, -0.15) is 0 Å². The van der Waals surface area contributed by atoms with E-state index in [2.05, 4.69) is 0 Å². The van der Waals surface area contributed by atoms with Crippen LogP contribution in [0.1, 0.15) is 0 Å². The molecule has 1 aromatic rings. The minimum absolute atomic E-state index is 0.00673. The SMILES string of the molecule is CN(C(=O)N1CCN(S(C)=O)CC1)c1ccccc1. The van der Waals surface area contributed by atoms with Gasteiger partial charge in [0.05, 0.1) is 11.0 Å². The van der Waals surface area contributed by atoms with Crippen molar-refractivity contribution in [3.8, 4) is 0 Å². The van der Waals surface area contributed by atoms with Crippen molar-refractivity contribution in [3.63, 3.8) is 0 Å². The molecule has 1 unspecified atom stereocenters. The van der Waals surface area contributed by atoms with Crippen molar-refractivity contribution in [2.24, 2.45) is 0 Å². The Hall–Kier alpha value is -1.40. The molecule has 2 rings (SSSR count). The molecule has 1 aliphatic heterocycles. The molecule has 5 nitrogen and oxygen atoms in total. The standard InChI is InChI=1S/C13H19N3O2S/c1-14(12-6-4-3-5-7-12)13(17)15-8-10-16(11-9-15)19(2)18/h3-7H,8-11H2,1-2H3. The van der Waals surface area contributed by atoms with Gasteiger partial charge in [-0.3, -0.25) is 4.90 Å². The maximum Gasteiger partial charge on any atom is 0.324 e. The lowest BCUT2D eigenvalue weighted by Gasteiger charge is -2.35. The molecular weight excluding hydrogens is 262 g/mol. The third-order valence-electron chi connectivity index (χ3n) is 3.30. The molecule has 0 aromatic heterocycles. The van der Waals surface area contributed by atoms with Gasteiger partial charge in [0.25, 0.3) is 0 Å². The van der Waals surface area contributed by atoms with Crippen LogP contribution < -0.4 is 4.90 Å². The van der Waals surface area contributed by atoms with E-state index in [1.165, 1.54) is 0 Å². The summed E-state index contributed by atoms with van der Waals surface area (Å²) in [6.07, 6.45) is 1.67. The van der Waals surface area contributed by atoms with Crippen LogP contribution in [0, 0.1) is 0 Å². The quantitative estimate of drug-likeness (QED) is 0.816.